The second-order valence-electron chi connectivity index (χ2n) is 5.95. The molecule has 6 heteroatoms. The van der Waals surface area contributed by atoms with Gasteiger partial charge >= 0.3 is 0 Å². The summed E-state index contributed by atoms with van der Waals surface area (Å²) in [5, 5.41) is 24.0. The molecule has 1 saturated heterocycles. The van der Waals surface area contributed by atoms with Crippen LogP contribution in [0.5, 0.6) is 0 Å². The van der Waals surface area contributed by atoms with Crippen molar-refractivity contribution < 1.29 is 15.0 Å². The summed E-state index contributed by atoms with van der Waals surface area (Å²) < 4.78 is 0. The van der Waals surface area contributed by atoms with Crippen LogP contribution >= 0.6 is 0 Å². The monoisotopic (exact) mass is 321 g/mol. The summed E-state index contributed by atoms with van der Waals surface area (Å²) >= 11 is 0. The first kappa shape index (κ1) is 17.7. The van der Waals surface area contributed by atoms with Crippen LogP contribution in [-0.4, -0.2) is 66.5 Å². The van der Waals surface area contributed by atoms with Crippen molar-refractivity contribution in [3.05, 3.63) is 29.8 Å². The van der Waals surface area contributed by atoms with Gasteiger partial charge in [-0.05, 0) is 50.2 Å². The van der Waals surface area contributed by atoms with E-state index in [1.54, 1.807) is 24.3 Å². The molecule has 1 aliphatic heterocycles. The van der Waals surface area contributed by atoms with Crippen molar-refractivity contribution >= 4 is 11.6 Å². The topological polar surface area (TPSA) is 84.8 Å². The highest BCUT2D eigenvalue weighted by Gasteiger charge is 2.10. The van der Waals surface area contributed by atoms with Crippen molar-refractivity contribution in [2.24, 2.45) is 0 Å². The largest absolute Gasteiger partial charge is 0.394 e. The van der Waals surface area contributed by atoms with Gasteiger partial charge in [-0.1, -0.05) is 6.42 Å². The number of hydrogen-bond donors (Lipinski definition) is 4. The van der Waals surface area contributed by atoms with Gasteiger partial charge < -0.3 is 25.7 Å². The first-order valence-electron chi connectivity index (χ1n) is 8.32. The van der Waals surface area contributed by atoms with Gasteiger partial charge in [0.25, 0.3) is 5.91 Å². The van der Waals surface area contributed by atoms with Gasteiger partial charge in [0.15, 0.2) is 0 Å². The number of nitrogens with one attached hydrogen (secondary N) is 2. The summed E-state index contributed by atoms with van der Waals surface area (Å²) in [4.78, 5) is 14.5. The summed E-state index contributed by atoms with van der Waals surface area (Å²) in [5.74, 6) is -0.0658. The zero-order valence-electron chi connectivity index (χ0n) is 13.5. The number of likely N-dealkylation sites (tertiary alicyclic amines) is 1. The van der Waals surface area contributed by atoms with Crippen LogP contribution in [-0.2, 0) is 0 Å². The number of anilines is 1. The van der Waals surface area contributed by atoms with Crippen LogP contribution in [0.25, 0.3) is 0 Å². The van der Waals surface area contributed by atoms with E-state index in [-0.39, 0.29) is 19.1 Å². The maximum Gasteiger partial charge on any atom is 0.251 e. The Kier molecular flexibility index (Phi) is 7.32. The number of benzene rings is 1. The number of aliphatic hydroxyl groups is 2. The Morgan fingerprint density at radius 3 is 2.52 bits per heavy atom. The van der Waals surface area contributed by atoms with E-state index in [9.17, 15) is 9.90 Å². The number of nitrogens with zero attached hydrogens (tertiary/aromatic N) is 1. The Hall–Kier alpha value is -1.63. The minimum Gasteiger partial charge on any atom is -0.394 e. The van der Waals surface area contributed by atoms with Gasteiger partial charge in [-0.25, -0.2) is 0 Å². The van der Waals surface area contributed by atoms with Crippen LogP contribution in [0, 0.1) is 0 Å². The van der Waals surface area contributed by atoms with Gasteiger partial charge in [-0.2, -0.15) is 0 Å². The molecule has 1 amide bonds. The summed E-state index contributed by atoms with van der Waals surface area (Å²) in [7, 11) is 0. The van der Waals surface area contributed by atoms with Crippen LogP contribution in [0.2, 0.25) is 0 Å². The molecule has 1 aliphatic rings. The lowest BCUT2D eigenvalue weighted by molar-refractivity contribution is 0.0946. The molecule has 0 bridgehead atoms. The molecule has 4 N–H and O–H groups in total. The van der Waals surface area contributed by atoms with E-state index in [1.807, 2.05) is 0 Å². The number of carbonyl (C=O) groups excluding carboxylic acids is 1. The summed E-state index contributed by atoms with van der Waals surface area (Å²) in [6, 6.07) is 7.10. The normalized spacial score (nSPS) is 16.8. The zero-order valence-corrected chi connectivity index (χ0v) is 13.5. The number of hydrogen-bond acceptors (Lipinski definition) is 5. The lowest BCUT2D eigenvalue weighted by Gasteiger charge is -2.26. The van der Waals surface area contributed by atoms with Crippen molar-refractivity contribution in [3.63, 3.8) is 0 Å². The third-order valence-corrected chi connectivity index (χ3v) is 4.06. The minimum atomic E-state index is -0.784. The standard InChI is InChI=1S/C17H27N3O3/c21-13-16(22)12-19-15-6-4-14(5-7-15)17(23)18-8-11-20-9-2-1-3-10-20/h4-7,16,19,21-22H,1-3,8-13H2,(H,18,23). The summed E-state index contributed by atoms with van der Waals surface area (Å²) in [6.07, 6.45) is 3.05. The Labute approximate surface area is 137 Å². The van der Waals surface area contributed by atoms with Crippen LogP contribution in [0.1, 0.15) is 29.6 Å². The SMILES string of the molecule is O=C(NCCN1CCCCC1)c1ccc(NCC(O)CO)cc1. The molecule has 0 aliphatic carbocycles. The lowest BCUT2D eigenvalue weighted by Crippen LogP contribution is -2.37. The van der Waals surface area contributed by atoms with E-state index in [1.165, 1.54) is 19.3 Å². The molecule has 1 unspecified atom stereocenters. The predicted octanol–water partition coefficient (Wildman–Crippen LogP) is 0.667. The summed E-state index contributed by atoms with van der Waals surface area (Å²) in [5.41, 5.74) is 1.43. The van der Waals surface area contributed by atoms with E-state index < -0.39 is 6.10 Å². The second-order valence-corrected chi connectivity index (χ2v) is 5.95. The molecule has 0 spiro atoms. The minimum absolute atomic E-state index is 0.0658. The highest BCUT2D eigenvalue weighted by Crippen LogP contribution is 2.10. The van der Waals surface area contributed by atoms with Crippen LogP contribution in [0.15, 0.2) is 24.3 Å². The van der Waals surface area contributed by atoms with Crippen LogP contribution in [0.3, 0.4) is 0 Å². The molecule has 1 aromatic rings. The van der Waals surface area contributed by atoms with Crippen molar-refractivity contribution in [3.8, 4) is 0 Å². The molecule has 23 heavy (non-hydrogen) atoms. The molecular formula is C17H27N3O3. The molecule has 0 aromatic heterocycles. The zero-order chi connectivity index (χ0) is 16.5. The van der Waals surface area contributed by atoms with Crippen molar-refractivity contribution in [2.75, 3.05) is 44.6 Å². The van der Waals surface area contributed by atoms with Crippen LogP contribution in [0.4, 0.5) is 5.69 Å². The van der Waals surface area contributed by atoms with Gasteiger partial charge in [-0.15, -0.1) is 0 Å². The first-order chi connectivity index (χ1) is 11.2. The Morgan fingerprint density at radius 2 is 1.87 bits per heavy atom. The van der Waals surface area contributed by atoms with E-state index >= 15 is 0 Å². The molecule has 1 atom stereocenters. The second kappa shape index (κ2) is 9.50. The molecular weight excluding hydrogens is 294 g/mol. The Balaban J connectivity index is 1.71. The van der Waals surface area contributed by atoms with Gasteiger partial charge in [0, 0.05) is 30.9 Å². The molecule has 2 rings (SSSR count). The number of rotatable bonds is 8. The van der Waals surface area contributed by atoms with Crippen molar-refractivity contribution in [1.29, 1.82) is 0 Å². The van der Waals surface area contributed by atoms with Gasteiger partial charge in [0.05, 0.1) is 12.7 Å². The van der Waals surface area contributed by atoms with Crippen molar-refractivity contribution in [1.82, 2.24) is 10.2 Å². The number of aliphatic hydroxyl groups excluding tert-OH is 2. The lowest BCUT2D eigenvalue weighted by atomic mass is 10.1. The number of carbonyl (C=O) groups is 1. The molecule has 0 radical (unpaired) electrons. The average molecular weight is 321 g/mol. The van der Waals surface area contributed by atoms with Gasteiger partial charge in [-0.3, -0.25) is 4.79 Å². The van der Waals surface area contributed by atoms with Gasteiger partial charge in [0.2, 0.25) is 0 Å². The fourth-order valence-electron chi connectivity index (χ4n) is 2.65. The summed E-state index contributed by atoms with van der Waals surface area (Å²) in [6.45, 7) is 3.85. The molecule has 128 valence electrons. The maximum absolute atomic E-state index is 12.1. The number of amides is 1. The number of piperidine rings is 1. The highest BCUT2D eigenvalue weighted by atomic mass is 16.3. The molecule has 1 fully saturated rings. The van der Waals surface area contributed by atoms with E-state index in [0.29, 0.717) is 12.1 Å². The fraction of sp³-hybridized carbons (Fsp3) is 0.588. The molecule has 1 aromatic carbocycles. The first-order valence-corrected chi connectivity index (χ1v) is 8.32. The maximum atomic E-state index is 12.1. The molecule has 1 heterocycles. The quantitative estimate of drug-likeness (QED) is 0.565. The molecule has 6 nitrogen and oxygen atoms in total. The van der Waals surface area contributed by atoms with E-state index in [2.05, 4.69) is 15.5 Å². The van der Waals surface area contributed by atoms with Crippen LogP contribution < -0.4 is 10.6 Å². The van der Waals surface area contributed by atoms with E-state index in [4.69, 9.17) is 5.11 Å². The predicted molar refractivity (Wildman–Crippen MR) is 90.6 cm³/mol. The highest BCUT2D eigenvalue weighted by molar-refractivity contribution is 5.94. The van der Waals surface area contributed by atoms with Gasteiger partial charge in [0.1, 0.15) is 0 Å². The Morgan fingerprint density at radius 1 is 1.17 bits per heavy atom. The Bertz CT molecular complexity index is 472. The average Bonchev–Trinajstić information content (AvgIpc) is 2.61. The smallest absolute Gasteiger partial charge is 0.251 e. The third kappa shape index (κ3) is 6.17. The van der Waals surface area contributed by atoms with E-state index in [0.717, 1.165) is 25.3 Å². The molecule has 0 saturated carbocycles. The van der Waals surface area contributed by atoms with Crippen molar-refractivity contribution in [2.45, 2.75) is 25.4 Å². The third-order valence-electron chi connectivity index (χ3n) is 4.06. The fourth-order valence-corrected chi connectivity index (χ4v) is 2.65.